The van der Waals surface area contributed by atoms with Gasteiger partial charge in [-0.1, -0.05) is 136 Å². The predicted molar refractivity (Wildman–Crippen MR) is 267 cm³/mol. The lowest BCUT2D eigenvalue weighted by Gasteiger charge is -2.33. The van der Waals surface area contributed by atoms with E-state index in [1.165, 1.54) is 7.11 Å². The van der Waals surface area contributed by atoms with Gasteiger partial charge in [-0.3, -0.25) is 0 Å². The molecule has 1 unspecified atom stereocenters. The van der Waals surface area contributed by atoms with Gasteiger partial charge in [0.25, 0.3) is 0 Å². The van der Waals surface area contributed by atoms with E-state index >= 15 is 0 Å². The van der Waals surface area contributed by atoms with Crippen LogP contribution in [0.1, 0.15) is 38.9 Å². The van der Waals surface area contributed by atoms with Crippen molar-refractivity contribution in [1.82, 2.24) is 0 Å². The smallest absolute Gasteiger partial charge is 0.422 e. The molecule has 66 heavy (non-hydrogen) atoms. The van der Waals surface area contributed by atoms with Crippen LogP contribution < -0.4 is 31.7 Å². The lowest BCUT2D eigenvalue weighted by Crippen LogP contribution is -2.11. The summed E-state index contributed by atoms with van der Waals surface area (Å²) in [5.41, 5.74) is 5.47. The summed E-state index contributed by atoms with van der Waals surface area (Å²) in [4.78, 5) is 0. The van der Waals surface area contributed by atoms with Gasteiger partial charge in [-0.05, 0) is 130 Å². The second kappa shape index (κ2) is 19.9. The lowest BCUT2D eigenvalue weighted by atomic mass is 10.2. The van der Waals surface area contributed by atoms with Crippen LogP contribution in [0.3, 0.4) is 0 Å². The standard InChI is InChI=1S/C50H52N4O8P4/c1-37-23-9-16-30-44(37)56-63(55-8)51-64(57-45-31-17-10-24-38(45)2,58-46-32-18-11-25-39(46)3)53-66(61-49-35-21-14-28-42(49)6,62-50-36-22-15-29-43(50)7)54-65(52-63,59-47-33-19-12-26-40(47)4)60-48-34-20-13-27-41(48)5/h9-36H,1-8H3. The molecule has 0 fully saturated rings. The van der Waals surface area contributed by atoms with Gasteiger partial charge in [-0.2, -0.15) is 0 Å². The molecule has 0 bridgehead atoms. The van der Waals surface area contributed by atoms with E-state index in [4.69, 9.17) is 54.3 Å². The fourth-order valence-corrected chi connectivity index (χ4v) is 19.0. The average molecular weight is 961 g/mol. The molecule has 8 rings (SSSR count). The van der Waals surface area contributed by atoms with Gasteiger partial charge in [-0.25, -0.2) is 0 Å². The Bertz CT molecular complexity index is 2890. The highest BCUT2D eigenvalue weighted by Gasteiger charge is 2.49. The Hall–Kier alpha value is -5.98. The predicted octanol–water partition coefficient (Wildman–Crippen LogP) is 17.1. The largest absolute Gasteiger partial charge is 0.460 e. The molecule has 0 aliphatic carbocycles. The Kier molecular flexibility index (Phi) is 14.0. The van der Waals surface area contributed by atoms with Crippen molar-refractivity contribution in [3.8, 4) is 40.2 Å². The zero-order valence-electron chi connectivity index (χ0n) is 38.0. The van der Waals surface area contributed by atoms with Crippen LogP contribution in [0.2, 0.25) is 0 Å². The molecule has 1 heterocycles. The second-order valence-electron chi connectivity index (χ2n) is 15.5. The van der Waals surface area contributed by atoms with E-state index in [1.54, 1.807) is 0 Å². The first-order valence-corrected chi connectivity index (χ1v) is 27.3. The summed E-state index contributed by atoms with van der Waals surface area (Å²) >= 11 is 0. The van der Waals surface area contributed by atoms with Crippen molar-refractivity contribution in [2.75, 3.05) is 7.11 Å². The Morgan fingerprint density at radius 1 is 0.242 bits per heavy atom. The van der Waals surface area contributed by atoms with Gasteiger partial charge < -0.3 is 36.2 Å². The van der Waals surface area contributed by atoms with Crippen LogP contribution in [0.5, 0.6) is 40.2 Å². The molecule has 0 aromatic heterocycles. The highest BCUT2D eigenvalue weighted by Crippen LogP contribution is 2.79. The quantitative estimate of drug-likeness (QED) is 0.0931. The van der Waals surface area contributed by atoms with E-state index in [1.807, 2.05) is 218 Å². The summed E-state index contributed by atoms with van der Waals surface area (Å²) in [6, 6.07) is 52.8. The highest BCUT2D eigenvalue weighted by atomic mass is 31.3. The number of nitrogens with zero attached hydrogens (tertiary/aromatic N) is 4. The maximum atomic E-state index is 7.29. The van der Waals surface area contributed by atoms with E-state index in [0.29, 0.717) is 40.2 Å². The number of aryl methyl sites for hydroxylation is 7. The Balaban J connectivity index is 1.62. The molecule has 1 aliphatic rings. The van der Waals surface area contributed by atoms with E-state index in [0.717, 1.165) is 38.9 Å². The first-order chi connectivity index (χ1) is 31.8. The van der Waals surface area contributed by atoms with Gasteiger partial charge in [-0.15, -0.1) is 9.03 Å². The summed E-state index contributed by atoms with van der Waals surface area (Å²) in [5, 5.41) is 0. The molecular formula is C50H52N4O8P4. The maximum absolute atomic E-state index is 7.29. The summed E-state index contributed by atoms with van der Waals surface area (Å²) in [6.07, 6.45) is 0. The molecule has 1 aliphatic heterocycles. The zero-order chi connectivity index (χ0) is 46.4. The number of benzene rings is 7. The molecule has 1 atom stereocenters. The van der Waals surface area contributed by atoms with Crippen LogP contribution in [0, 0.1) is 48.5 Å². The third-order valence-corrected chi connectivity index (χ3v) is 21.1. The molecule has 0 radical (unpaired) electrons. The van der Waals surface area contributed by atoms with Gasteiger partial charge in [0.2, 0.25) is 0 Å². The molecule has 12 nitrogen and oxygen atoms in total. The topological polar surface area (TPSA) is 123 Å². The van der Waals surface area contributed by atoms with Crippen LogP contribution in [-0.2, 0) is 4.52 Å². The van der Waals surface area contributed by atoms with Crippen LogP contribution in [0.15, 0.2) is 188 Å². The van der Waals surface area contributed by atoms with Gasteiger partial charge in [0, 0.05) is 7.11 Å². The van der Waals surface area contributed by atoms with Crippen molar-refractivity contribution < 1.29 is 36.2 Å². The van der Waals surface area contributed by atoms with Crippen molar-refractivity contribution in [3.05, 3.63) is 209 Å². The molecule has 16 heteroatoms. The minimum absolute atomic E-state index is 0.422. The first kappa shape index (κ1) is 46.5. The summed E-state index contributed by atoms with van der Waals surface area (Å²) in [5.74, 6) is 2.99. The van der Waals surface area contributed by atoms with Gasteiger partial charge in [0.15, 0.2) is 0 Å². The van der Waals surface area contributed by atoms with Gasteiger partial charge in [0.1, 0.15) is 40.2 Å². The number of hydrogen-bond acceptors (Lipinski definition) is 12. The van der Waals surface area contributed by atoms with E-state index in [2.05, 4.69) is 0 Å². The monoisotopic (exact) mass is 960 g/mol. The zero-order valence-corrected chi connectivity index (χ0v) is 41.6. The van der Waals surface area contributed by atoms with E-state index in [-0.39, 0.29) is 0 Å². The molecule has 0 amide bonds. The van der Waals surface area contributed by atoms with Crippen molar-refractivity contribution in [3.63, 3.8) is 0 Å². The van der Waals surface area contributed by atoms with Crippen molar-refractivity contribution in [2.24, 2.45) is 18.1 Å². The SMILES string of the molecule is COP1(Oc2ccccc2C)=NP(Oc2ccccc2C)(Oc2ccccc2C)=NP(Oc2ccccc2C)(Oc2ccccc2C)=NP(Oc2ccccc2C)(Oc2ccccc2C)=N1. The normalized spacial score (nSPS) is 16.8. The molecule has 0 saturated carbocycles. The van der Waals surface area contributed by atoms with E-state index in [9.17, 15) is 0 Å². The summed E-state index contributed by atoms with van der Waals surface area (Å²) in [7, 11) is -15.8. The van der Waals surface area contributed by atoms with Gasteiger partial charge in [0.05, 0.1) is 0 Å². The second-order valence-corrected chi connectivity index (χ2v) is 23.9. The molecule has 0 N–H and O–H groups in total. The Morgan fingerprint density at radius 2 is 0.394 bits per heavy atom. The minimum Gasteiger partial charge on any atom is -0.422 e. The molecule has 0 saturated heterocycles. The molecule has 0 spiro atoms. The Labute approximate surface area is 387 Å². The fraction of sp³-hybridized carbons (Fsp3) is 0.160. The lowest BCUT2D eigenvalue weighted by molar-refractivity contribution is 0.379. The van der Waals surface area contributed by atoms with Crippen LogP contribution >= 0.6 is 30.6 Å². The first-order valence-electron chi connectivity index (χ1n) is 21.2. The fourth-order valence-electron chi connectivity index (χ4n) is 6.57. The Morgan fingerprint density at radius 3 is 0.576 bits per heavy atom. The third kappa shape index (κ3) is 10.7. The summed E-state index contributed by atoms with van der Waals surface area (Å²) < 4.78 is 79.6. The van der Waals surface area contributed by atoms with Crippen LogP contribution in [-0.4, -0.2) is 7.11 Å². The van der Waals surface area contributed by atoms with E-state index < -0.39 is 30.6 Å². The number of hydrogen-bond donors (Lipinski definition) is 0. The molecule has 7 aromatic rings. The van der Waals surface area contributed by atoms with Crippen molar-refractivity contribution in [1.29, 1.82) is 0 Å². The summed E-state index contributed by atoms with van der Waals surface area (Å²) in [6.45, 7) is 13.5. The molecule has 7 aromatic carbocycles. The highest BCUT2D eigenvalue weighted by molar-refractivity contribution is 7.79. The van der Waals surface area contributed by atoms with Crippen molar-refractivity contribution in [2.45, 2.75) is 48.5 Å². The van der Waals surface area contributed by atoms with Gasteiger partial charge >= 0.3 is 30.6 Å². The average Bonchev–Trinajstić information content (AvgIpc) is 3.29. The van der Waals surface area contributed by atoms with Crippen LogP contribution in [0.25, 0.3) is 0 Å². The van der Waals surface area contributed by atoms with Crippen LogP contribution in [0.4, 0.5) is 0 Å². The minimum atomic E-state index is -4.40. The third-order valence-electron chi connectivity index (χ3n) is 10.3. The number of para-hydroxylation sites is 7. The maximum Gasteiger partial charge on any atom is 0.460 e. The number of rotatable bonds is 15. The molecule has 340 valence electrons. The molecular weight excluding hydrogens is 908 g/mol. The van der Waals surface area contributed by atoms with Crippen molar-refractivity contribution >= 4 is 30.6 Å².